The van der Waals surface area contributed by atoms with Crippen LogP contribution in [0, 0.1) is 4.64 Å². The van der Waals surface area contributed by atoms with Crippen LogP contribution in [0.15, 0.2) is 6.33 Å². The molecule has 23 heavy (non-hydrogen) atoms. The van der Waals surface area contributed by atoms with Gasteiger partial charge >= 0.3 is 0 Å². The molecule has 0 spiro atoms. The first kappa shape index (κ1) is 15.0. The standard InChI is InChI=1S/C13H17N5O4S/c1-13(2)21-7-5(3-19)20-11(8(7)22-13)18-4-15-6-9(18)16-12(14)17-10(6)23/h4-5,7-8,11,19H,3H2,1-2H3,(H3,14,16,17,23)/t5-,7-,8-,11+/m1/s1. The van der Waals surface area contributed by atoms with Gasteiger partial charge in [0.15, 0.2) is 22.6 Å². The molecular formula is C13H17N5O4S. The fourth-order valence-corrected chi connectivity index (χ4v) is 3.42. The number of imidazole rings is 1. The van der Waals surface area contributed by atoms with E-state index in [1.54, 1.807) is 10.9 Å². The van der Waals surface area contributed by atoms with Gasteiger partial charge in [0.05, 0.1) is 12.9 Å². The second-order valence-corrected chi connectivity index (χ2v) is 6.48. The molecule has 4 N–H and O–H groups in total. The van der Waals surface area contributed by atoms with E-state index in [0.717, 1.165) is 0 Å². The second kappa shape index (κ2) is 4.95. The van der Waals surface area contributed by atoms with E-state index in [1.165, 1.54) is 0 Å². The minimum Gasteiger partial charge on any atom is -0.394 e. The zero-order valence-corrected chi connectivity index (χ0v) is 13.4. The third-order valence-electron chi connectivity index (χ3n) is 4.04. The maximum atomic E-state index is 9.56. The molecule has 2 aliphatic rings. The number of nitrogen functional groups attached to an aromatic ring is 1. The Kier molecular flexibility index (Phi) is 3.22. The van der Waals surface area contributed by atoms with Crippen molar-refractivity contribution in [3.8, 4) is 0 Å². The summed E-state index contributed by atoms with van der Waals surface area (Å²) in [6.45, 7) is 3.50. The SMILES string of the molecule is CC1(C)O[C@@H]2[C@H](O1)[C@@H](CO)O[C@@H]2n1cnc2c(=S)nc(N)[nH]c21. The zero-order valence-electron chi connectivity index (χ0n) is 12.6. The van der Waals surface area contributed by atoms with Crippen molar-refractivity contribution < 1.29 is 19.3 Å². The molecule has 0 saturated carbocycles. The van der Waals surface area contributed by atoms with Gasteiger partial charge in [-0.05, 0) is 13.8 Å². The van der Waals surface area contributed by atoms with Crippen molar-refractivity contribution in [2.24, 2.45) is 0 Å². The summed E-state index contributed by atoms with van der Waals surface area (Å²) in [5.74, 6) is -0.546. The normalized spacial score (nSPS) is 32.5. The molecule has 2 saturated heterocycles. The van der Waals surface area contributed by atoms with Crippen molar-refractivity contribution >= 4 is 29.3 Å². The highest BCUT2D eigenvalue weighted by Crippen LogP contribution is 2.43. The van der Waals surface area contributed by atoms with Crippen LogP contribution in [0.3, 0.4) is 0 Å². The molecule has 0 aromatic carbocycles. The predicted molar refractivity (Wildman–Crippen MR) is 81.9 cm³/mol. The smallest absolute Gasteiger partial charge is 0.200 e. The molecule has 10 heteroatoms. The first-order valence-electron chi connectivity index (χ1n) is 7.24. The third kappa shape index (κ3) is 2.25. The fraction of sp³-hybridized carbons (Fsp3) is 0.615. The van der Waals surface area contributed by atoms with Gasteiger partial charge in [-0.2, -0.15) is 0 Å². The van der Waals surface area contributed by atoms with Gasteiger partial charge in [-0.25, -0.2) is 9.97 Å². The van der Waals surface area contributed by atoms with Gasteiger partial charge in [0.2, 0.25) is 0 Å². The van der Waals surface area contributed by atoms with Crippen LogP contribution in [0.2, 0.25) is 0 Å². The first-order chi connectivity index (χ1) is 10.9. The molecule has 9 nitrogen and oxygen atoms in total. The van der Waals surface area contributed by atoms with Gasteiger partial charge in [0.25, 0.3) is 0 Å². The Labute approximate surface area is 136 Å². The molecular weight excluding hydrogens is 322 g/mol. The average molecular weight is 339 g/mol. The number of hydrogen-bond donors (Lipinski definition) is 3. The topological polar surface area (TPSA) is 120 Å². The molecule has 4 rings (SSSR count). The van der Waals surface area contributed by atoms with Crippen LogP contribution in [-0.4, -0.2) is 55.3 Å². The molecule has 2 aliphatic heterocycles. The lowest BCUT2D eigenvalue weighted by Gasteiger charge is -2.24. The number of fused-ring (bicyclic) bond motifs is 2. The van der Waals surface area contributed by atoms with E-state index in [4.69, 9.17) is 32.2 Å². The zero-order chi connectivity index (χ0) is 16.4. The number of rotatable bonds is 2. The van der Waals surface area contributed by atoms with E-state index in [0.29, 0.717) is 15.8 Å². The van der Waals surface area contributed by atoms with E-state index < -0.39 is 18.1 Å². The number of aromatic nitrogens is 4. The van der Waals surface area contributed by atoms with Gasteiger partial charge in [-0.1, -0.05) is 12.2 Å². The molecule has 124 valence electrons. The Morgan fingerprint density at radius 1 is 1.43 bits per heavy atom. The lowest BCUT2D eigenvalue weighted by molar-refractivity contribution is -0.199. The van der Waals surface area contributed by atoms with E-state index in [2.05, 4.69) is 15.0 Å². The maximum Gasteiger partial charge on any atom is 0.200 e. The molecule has 0 radical (unpaired) electrons. The molecule has 0 amide bonds. The summed E-state index contributed by atoms with van der Waals surface area (Å²) in [6.07, 6.45) is -0.146. The van der Waals surface area contributed by atoms with Crippen molar-refractivity contribution in [2.45, 2.75) is 44.2 Å². The summed E-state index contributed by atoms with van der Waals surface area (Å²) < 4.78 is 19.8. The Balaban J connectivity index is 1.80. The highest BCUT2D eigenvalue weighted by atomic mass is 32.1. The monoisotopic (exact) mass is 339 g/mol. The Morgan fingerprint density at radius 2 is 2.17 bits per heavy atom. The van der Waals surface area contributed by atoms with Crippen molar-refractivity contribution in [3.63, 3.8) is 0 Å². The lowest BCUT2D eigenvalue weighted by atomic mass is 10.1. The van der Waals surface area contributed by atoms with Crippen LogP contribution >= 0.6 is 12.2 Å². The molecule has 2 aromatic heterocycles. The van der Waals surface area contributed by atoms with Gasteiger partial charge in [-0.3, -0.25) is 4.57 Å². The number of H-pyrrole nitrogens is 1. The van der Waals surface area contributed by atoms with Crippen molar-refractivity contribution in [3.05, 3.63) is 11.0 Å². The molecule has 0 aliphatic carbocycles. The van der Waals surface area contributed by atoms with Gasteiger partial charge in [0.1, 0.15) is 29.5 Å². The minimum atomic E-state index is -0.741. The first-order valence-corrected chi connectivity index (χ1v) is 7.65. The van der Waals surface area contributed by atoms with Crippen molar-refractivity contribution in [1.29, 1.82) is 0 Å². The number of nitrogens with zero attached hydrogens (tertiary/aromatic N) is 3. The van der Waals surface area contributed by atoms with Gasteiger partial charge < -0.3 is 30.0 Å². The maximum absolute atomic E-state index is 9.56. The number of nitrogens with one attached hydrogen (secondary N) is 1. The number of aliphatic hydroxyl groups excluding tert-OH is 1. The highest BCUT2D eigenvalue weighted by Gasteiger charge is 2.55. The molecule has 0 bridgehead atoms. The molecule has 0 unspecified atom stereocenters. The van der Waals surface area contributed by atoms with Crippen LogP contribution in [0.25, 0.3) is 11.2 Å². The molecule has 2 fully saturated rings. The number of aromatic amines is 1. The molecule has 2 aromatic rings. The van der Waals surface area contributed by atoms with E-state index in [-0.39, 0.29) is 24.8 Å². The second-order valence-electron chi connectivity index (χ2n) is 6.09. The minimum absolute atomic E-state index is 0.163. The van der Waals surface area contributed by atoms with Crippen LogP contribution in [0.5, 0.6) is 0 Å². The van der Waals surface area contributed by atoms with Crippen molar-refractivity contribution in [1.82, 2.24) is 19.5 Å². The Morgan fingerprint density at radius 3 is 2.91 bits per heavy atom. The van der Waals surface area contributed by atoms with Crippen LogP contribution in [0.1, 0.15) is 20.1 Å². The summed E-state index contributed by atoms with van der Waals surface area (Å²) in [5, 5.41) is 9.56. The van der Waals surface area contributed by atoms with E-state index in [1.807, 2.05) is 13.8 Å². The van der Waals surface area contributed by atoms with E-state index in [9.17, 15) is 5.11 Å². The number of aliphatic hydroxyl groups is 1. The van der Waals surface area contributed by atoms with Gasteiger partial charge in [0, 0.05) is 0 Å². The summed E-state index contributed by atoms with van der Waals surface area (Å²) in [4.78, 5) is 11.2. The number of ether oxygens (including phenoxy) is 3. The summed E-state index contributed by atoms with van der Waals surface area (Å²) in [6, 6.07) is 0. The fourth-order valence-electron chi connectivity index (χ4n) is 3.18. The number of hydrogen-bond acceptors (Lipinski definition) is 8. The average Bonchev–Trinajstić information content (AvgIpc) is 3.09. The largest absolute Gasteiger partial charge is 0.394 e. The summed E-state index contributed by atoms with van der Waals surface area (Å²) >= 11 is 5.18. The quantitative estimate of drug-likeness (QED) is 0.676. The summed E-state index contributed by atoms with van der Waals surface area (Å²) in [5.41, 5.74) is 6.87. The van der Waals surface area contributed by atoms with Gasteiger partial charge in [-0.15, -0.1) is 0 Å². The molecule has 4 heterocycles. The third-order valence-corrected chi connectivity index (χ3v) is 4.33. The lowest BCUT2D eigenvalue weighted by Crippen LogP contribution is -2.31. The van der Waals surface area contributed by atoms with Crippen LogP contribution in [-0.2, 0) is 14.2 Å². The number of nitrogens with two attached hydrogens (primary N) is 1. The van der Waals surface area contributed by atoms with E-state index >= 15 is 0 Å². The van der Waals surface area contributed by atoms with Crippen LogP contribution < -0.4 is 5.73 Å². The van der Waals surface area contributed by atoms with Crippen molar-refractivity contribution in [2.75, 3.05) is 12.3 Å². The predicted octanol–water partition coefficient (Wildman–Crippen LogP) is 0.481. The summed E-state index contributed by atoms with van der Waals surface area (Å²) in [7, 11) is 0. The Bertz CT molecular complexity index is 818. The Hall–Kier alpha value is -1.59. The van der Waals surface area contributed by atoms with Crippen LogP contribution in [0.4, 0.5) is 5.95 Å². The molecule has 4 atom stereocenters. The highest BCUT2D eigenvalue weighted by molar-refractivity contribution is 7.71. The number of anilines is 1.